The van der Waals surface area contributed by atoms with Crippen LogP contribution in [0.4, 0.5) is 5.69 Å². The molecule has 0 spiro atoms. The van der Waals surface area contributed by atoms with Crippen molar-refractivity contribution in [2.24, 2.45) is 0 Å². The Morgan fingerprint density at radius 2 is 2.04 bits per heavy atom. The second-order valence-corrected chi connectivity index (χ2v) is 6.13. The van der Waals surface area contributed by atoms with E-state index in [4.69, 9.17) is 36.9 Å². The number of rotatable bonds is 5. The van der Waals surface area contributed by atoms with Crippen LogP contribution in [0, 0.1) is 13.8 Å². The summed E-state index contributed by atoms with van der Waals surface area (Å²) in [6.45, 7) is 3.58. The number of furan rings is 1. The SMILES string of the molecule is Cc1noc(C)c1NC(=O)c1ccc(COc2ccc(Cl)cc2Cl)o1. The number of hydrogen-bond acceptors (Lipinski definition) is 5. The largest absolute Gasteiger partial charge is 0.484 e. The zero-order valence-corrected chi connectivity index (χ0v) is 14.9. The van der Waals surface area contributed by atoms with E-state index >= 15 is 0 Å². The molecule has 0 aliphatic rings. The molecule has 0 bridgehead atoms. The van der Waals surface area contributed by atoms with Crippen molar-refractivity contribution in [2.75, 3.05) is 5.32 Å². The van der Waals surface area contributed by atoms with Gasteiger partial charge in [0, 0.05) is 5.02 Å². The Hall–Kier alpha value is -2.44. The van der Waals surface area contributed by atoms with Crippen LogP contribution in [-0.2, 0) is 6.61 Å². The van der Waals surface area contributed by atoms with Gasteiger partial charge in [-0.25, -0.2) is 0 Å². The van der Waals surface area contributed by atoms with Gasteiger partial charge in [0.25, 0.3) is 5.91 Å². The van der Waals surface area contributed by atoms with Crippen LogP contribution in [0.3, 0.4) is 0 Å². The number of amides is 1. The zero-order chi connectivity index (χ0) is 18.0. The van der Waals surface area contributed by atoms with Gasteiger partial charge in [0.2, 0.25) is 0 Å². The van der Waals surface area contributed by atoms with Crippen molar-refractivity contribution < 1.29 is 18.5 Å². The highest BCUT2D eigenvalue weighted by molar-refractivity contribution is 6.35. The zero-order valence-electron chi connectivity index (χ0n) is 13.4. The van der Waals surface area contributed by atoms with Crippen molar-refractivity contribution in [3.05, 3.63) is 63.4 Å². The van der Waals surface area contributed by atoms with E-state index in [9.17, 15) is 4.79 Å². The third-order valence-electron chi connectivity index (χ3n) is 3.42. The first-order chi connectivity index (χ1) is 11.9. The van der Waals surface area contributed by atoms with Crippen LogP contribution in [0.15, 0.2) is 39.3 Å². The Kier molecular flexibility index (Phi) is 5.01. The molecule has 0 radical (unpaired) electrons. The number of nitrogens with zero attached hydrogens (tertiary/aromatic N) is 1. The van der Waals surface area contributed by atoms with E-state index in [2.05, 4.69) is 10.5 Å². The average Bonchev–Trinajstić information content (AvgIpc) is 3.16. The Morgan fingerprint density at radius 3 is 2.72 bits per heavy atom. The lowest BCUT2D eigenvalue weighted by molar-refractivity contribution is 0.0992. The number of aryl methyl sites for hydroxylation is 2. The summed E-state index contributed by atoms with van der Waals surface area (Å²) in [5.41, 5.74) is 1.13. The number of carbonyl (C=O) groups excluding carboxylic acids is 1. The van der Waals surface area contributed by atoms with Crippen molar-refractivity contribution in [1.29, 1.82) is 0 Å². The van der Waals surface area contributed by atoms with E-state index in [1.54, 1.807) is 44.2 Å². The van der Waals surface area contributed by atoms with E-state index in [1.165, 1.54) is 0 Å². The van der Waals surface area contributed by atoms with E-state index in [0.29, 0.717) is 38.7 Å². The van der Waals surface area contributed by atoms with Gasteiger partial charge in [-0.2, -0.15) is 0 Å². The van der Waals surface area contributed by atoms with E-state index in [-0.39, 0.29) is 12.4 Å². The number of hydrogen-bond donors (Lipinski definition) is 1. The molecule has 130 valence electrons. The maximum atomic E-state index is 12.2. The summed E-state index contributed by atoms with van der Waals surface area (Å²) in [6.07, 6.45) is 0. The smallest absolute Gasteiger partial charge is 0.291 e. The summed E-state index contributed by atoms with van der Waals surface area (Å²) in [4.78, 5) is 12.2. The molecule has 0 aliphatic heterocycles. The molecular weight excluding hydrogens is 367 g/mol. The molecule has 0 saturated heterocycles. The second-order valence-electron chi connectivity index (χ2n) is 5.28. The lowest BCUT2D eigenvalue weighted by atomic mass is 10.3. The highest BCUT2D eigenvalue weighted by Gasteiger charge is 2.17. The first-order valence-electron chi connectivity index (χ1n) is 7.35. The van der Waals surface area contributed by atoms with E-state index < -0.39 is 5.91 Å². The fraction of sp³-hybridized carbons (Fsp3) is 0.176. The van der Waals surface area contributed by atoms with Crippen molar-refractivity contribution in [1.82, 2.24) is 5.16 Å². The Morgan fingerprint density at radius 1 is 1.24 bits per heavy atom. The molecule has 6 nitrogen and oxygen atoms in total. The van der Waals surface area contributed by atoms with Gasteiger partial charge >= 0.3 is 0 Å². The summed E-state index contributed by atoms with van der Waals surface area (Å²) >= 11 is 11.9. The predicted molar refractivity (Wildman–Crippen MR) is 93.4 cm³/mol. The molecular formula is C17H14Cl2N2O4. The minimum Gasteiger partial charge on any atom is -0.484 e. The molecule has 1 aromatic carbocycles. The summed E-state index contributed by atoms with van der Waals surface area (Å²) in [6, 6.07) is 8.15. The maximum Gasteiger partial charge on any atom is 0.291 e. The number of aromatic nitrogens is 1. The molecule has 0 saturated carbocycles. The van der Waals surface area contributed by atoms with Crippen LogP contribution in [0.2, 0.25) is 10.0 Å². The monoisotopic (exact) mass is 380 g/mol. The van der Waals surface area contributed by atoms with Crippen molar-refractivity contribution in [3.63, 3.8) is 0 Å². The first-order valence-corrected chi connectivity index (χ1v) is 8.10. The summed E-state index contributed by atoms with van der Waals surface area (Å²) in [5, 5.41) is 7.42. The second kappa shape index (κ2) is 7.21. The average molecular weight is 381 g/mol. The van der Waals surface area contributed by atoms with Crippen LogP contribution in [-0.4, -0.2) is 11.1 Å². The molecule has 3 rings (SSSR count). The molecule has 25 heavy (non-hydrogen) atoms. The molecule has 0 unspecified atom stereocenters. The van der Waals surface area contributed by atoms with Gasteiger partial charge in [-0.1, -0.05) is 28.4 Å². The summed E-state index contributed by atoms with van der Waals surface area (Å²) < 4.78 is 16.1. The van der Waals surface area contributed by atoms with E-state index in [0.717, 1.165) is 0 Å². The number of ether oxygens (including phenoxy) is 1. The molecule has 0 fully saturated rings. The van der Waals surface area contributed by atoms with Gasteiger partial charge in [-0.05, 0) is 44.2 Å². The summed E-state index contributed by atoms with van der Waals surface area (Å²) in [7, 11) is 0. The highest BCUT2D eigenvalue weighted by Crippen LogP contribution is 2.28. The Balaban J connectivity index is 1.65. The predicted octanol–water partition coefficient (Wildman–Crippen LogP) is 5.02. The Bertz CT molecular complexity index is 898. The van der Waals surface area contributed by atoms with Gasteiger partial charge in [-0.15, -0.1) is 0 Å². The Labute approximate surface area is 153 Å². The van der Waals surface area contributed by atoms with E-state index in [1.807, 2.05) is 0 Å². The van der Waals surface area contributed by atoms with Crippen LogP contribution in [0.1, 0.15) is 27.8 Å². The number of nitrogens with one attached hydrogen (secondary N) is 1. The minimum atomic E-state index is -0.398. The normalized spacial score (nSPS) is 10.7. The van der Waals surface area contributed by atoms with Crippen molar-refractivity contribution in [2.45, 2.75) is 20.5 Å². The van der Waals surface area contributed by atoms with Crippen LogP contribution < -0.4 is 10.1 Å². The van der Waals surface area contributed by atoms with Gasteiger partial charge in [0.1, 0.15) is 29.5 Å². The summed E-state index contributed by atoms with van der Waals surface area (Å²) in [5.74, 6) is 1.24. The molecule has 8 heteroatoms. The number of anilines is 1. The van der Waals surface area contributed by atoms with Gasteiger partial charge in [0.05, 0.1) is 5.02 Å². The minimum absolute atomic E-state index is 0.125. The third-order valence-corrected chi connectivity index (χ3v) is 3.95. The van der Waals surface area contributed by atoms with Crippen molar-refractivity contribution in [3.8, 4) is 5.75 Å². The lowest BCUT2D eigenvalue weighted by Crippen LogP contribution is -2.12. The molecule has 0 atom stereocenters. The third kappa shape index (κ3) is 3.97. The van der Waals surface area contributed by atoms with Crippen LogP contribution in [0.25, 0.3) is 0 Å². The first kappa shape index (κ1) is 17.4. The van der Waals surface area contributed by atoms with Crippen molar-refractivity contribution >= 4 is 34.8 Å². The van der Waals surface area contributed by atoms with Gasteiger partial charge in [-0.3, -0.25) is 4.79 Å². The fourth-order valence-electron chi connectivity index (χ4n) is 2.16. The molecule has 2 heterocycles. The van der Waals surface area contributed by atoms with Crippen LogP contribution >= 0.6 is 23.2 Å². The van der Waals surface area contributed by atoms with Gasteiger partial charge in [0.15, 0.2) is 11.5 Å². The highest BCUT2D eigenvalue weighted by atomic mass is 35.5. The number of benzene rings is 1. The standard InChI is InChI=1S/C17H14Cl2N2O4/c1-9-16(10(2)25-21-9)20-17(22)15-6-4-12(24-15)8-23-14-5-3-11(18)7-13(14)19/h3-7H,8H2,1-2H3,(H,20,22). The molecule has 3 aromatic rings. The molecule has 0 aliphatic carbocycles. The molecule has 1 N–H and O–H groups in total. The molecule has 2 aromatic heterocycles. The maximum absolute atomic E-state index is 12.2. The van der Waals surface area contributed by atoms with Gasteiger partial charge < -0.3 is 19.0 Å². The van der Waals surface area contributed by atoms with Crippen LogP contribution in [0.5, 0.6) is 5.75 Å². The topological polar surface area (TPSA) is 77.5 Å². The quantitative estimate of drug-likeness (QED) is 0.671. The molecule has 1 amide bonds. The number of carbonyl (C=O) groups is 1. The fourth-order valence-corrected chi connectivity index (χ4v) is 2.62. The lowest BCUT2D eigenvalue weighted by Gasteiger charge is -2.06. The number of halogens is 2.